The lowest BCUT2D eigenvalue weighted by atomic mass is 10.1. The molecule has 0 aromatic heterocycles. The molecule has 0 spiro atoms. The molecule has 1 aliphatic heterocycles. The van der Waals surface area contributed by atoms with Crippen LogP contribution in [0.1, 0.15) is 6.92 Å². The summed E-state index contributed by atoms with van der Waals surface area (Å²) in [5.74, 6) is -0.312. The number of halogens is 2. The quantitative estimate of drug-likeness (QED) is 0.794. The van der Waals surface area contributed by atoms with Gasteiger partial charge in [0.15, 0.2) is 5.82 Å². The van der Waals surface area contributed by atoms with Gasteiger partial charge in [0.25, 0.3) is 0 Å². The van der Waals surface area contributed by atoms with Crippen LogP contribution < -0.4 is 10.2 Å². The van der Waals surface area contributed by atoms with E-state index in [1.54, 1.807) is 18.2 Å². The van der Waals surface area contributed by atoms with Gasteiger partial charge in [0.2, 0.25) is 0 Å². The fourth-order valence-electron chi connectivity index (χ4n) is 1.91. The van der Waals surface area contributed by atoms with Crippen molar-refractivity contribution in [2.45, 2.75) is 13.0 Å². The van der Waals surface area contributed by atoms with Crippen LogP contribution in [0.5, 0.6) is 0 Å². The molecule has 2 nitrogen and oxygen atoms in total. The lowest BCUT2D eigenvalue weighted by molar-refractivity contribution is 0.491. The van der Waals surface area contributed by atoms with Crippen molar-refractivity contribution in [3.8, 4) is 0 Å². The highest BCUT2D eigenvalue weighted by Crippen LogP contribution is 2.27. The summed E-state index contributed by atoms with van der Waals surface area (Å²) in [6, 6.07) is 5.44. The summed E-state index contributed by atoms with van der Waals surface area (Å²) in [5, 5.41) is 3.46. The standard InChI is InChI=1S/C11H14ClFN2/c1-8-7-14-5-6-15(8)10-4-2-3-9(12)11(10)13/h2-4,8,14H,5-7H2,1H3/t8-/m0/s1. The third-order valence-corrected chi connectivity index (χ3v) is 3.03. The molecule has 0 saturated carbocycles. The van der Waals surface area contributed by atoms with Crippen molar-refractivity contribution < 1.29 is 4.39 Å². The maximum atomic E-state index is 13.8. The Kier molecular flexibility index (Phi) is 3.12. The number of rotatable bonds is 1. The first-order valence-corrected chi connectivity index (χ1v) is 5.49. The van der Waals surface area contributed by atoms with E-state index in [2.05, 4.69) is 17.1 Å². The molecule has 2 rings (SSSR count). The van der Waals surface area contributed by atoms with E-state index in [1.165, 1.54) is 0 Å². The average molecular weight is 229 g/mol. The van der Waals surface area contributed by atoms with E-state index < -0.39 is 0 Å². The molecule has 1 aromatic rings. The van der Waals surface area contributed by atoms with Crippen LogP contribution in [0.25, 0.3) is 0 Å². The zero-order valence-electron chi connectivity index (χ0n) is 8.63. The number of nitrogens with one attached hydrogen (secondary N) is 1. The summed E-state index contributed by atoms with van der Waals surface area (Å²) >= 11 is 5.76. The molecule has 0 unspecified atom stereocenters. The van der Waals surface area contributed by atoms with Gasteiger partial charge in [-0.3, -0.25) is 0 Å². The zero-order chi connectivity index (χ0) is 10.8. The summed E-state index contributed by atoms with van der Waals surface area (Å²) in [6.45, 7) is 4.66. The zero-order valence-corrected chi connectivity index (χ0v) is 9.39. The Hall–Kier alpha value is -0.800. The Morgan fingerprint density at radius 2 is 2.33 bits per heavy atom. The Balaban J connectivity index is 2.31. The number of anilines is 1. The van der Waals surface area contributed by atoms with Crippen LogP contribution in [0, 0.1) is 5.82 Å². The second-order valence-electron chi connectivity index (χ2n) is 3.82. The molecule has 82 valence electrons. The molecule has 4 heteroatoms. The van der Waals surface area contributed by atoms with E-state index >= 15 is 0 Å². The highest BCUT2D eigenvalue weighted by molar-refractivity contribution is 6.31. The van der Waals surface area contributed by atoms with E-state index in [1.807, 2.05) is 0 Å². The molecule has 1 N–H and O–H groups in total. The van der Waals surface area contributed by atoms with Crippen molar-refractivity contribution >= 4 is 17.3 Å². The van der Waals surface area contributed by atoms with Crippen molar-refractivity contribution in [2.75, 3.05) is 24.5 Å². The number of nitrogens with zero attached hydrogens (tertiary/aromatic N) is 1. The van der Waals surface area contributed by atoms with Crippen molar-refractivity contribution in [2.24, 2.45) is 0 Å². The fraction of sp³-hybridized carbons (Fsp3) is 0.455. The van der Waals surface area contributed by atoms with Crippen LogP contribution >= 0.6 is 11.6 Å². The minimum absolute atomic E-state index is 0.193. The van der Waals surface area contributed by atoms with Crippen LogP contribution in [-0.2, 0) is 0 Å². The van der Waals surface area contributed by atoms with E-state index in [9.17, 15) is 4.39 Å². The molecule has 0 radical (unpaired) electrons. The first kappa shape index (κ1) is 10.7. The van der Waals surface area contributed by atoms with Crippen molar-refractivity contribution in [1.29, 1.82) is 0 Å². The van der Waals surface area contributed by atoms with E-state index in [0.717, 1.165) is 19.6 Å². The van der Waals surface area contributed by atoms with E-state index in [-0.39, 0.29) is 10.8 Å². The Morgan fingerprint density at radius 1 is 1.53 bits per heavy atom. The minimum Gasteiger partial charge on any atom is -0.364 e. The highest BCUT2D eigenvalue weighted by atomic mass is 35.5. The summed E-state index contributed by atoms with van der Waals surface area (Å²) in [7, 11) is 0. The van der Waals surface area contributed by atoms with Gasteiger partial charge in [-0.1, -0.05) is 17.7 Å². The number of piperazine rings is 1. The summed E-state index contributed by atoms with van der Waals surface area (Å²) < 4.78 is 13.8. The van der Waals surface area contributed by atoms with Gasteiger partial charge in [0.1, 0.15) is 0 Å². The topological polar surface area (TPSA) is 15.3 Å². The van der Waals surface area contributed by atoms with Gasteiger partial charge in [-0.2, -0.15) is 0 Å². The lowest BCUT2D eigenvalue weighted by Gasteiger charge is -2.36. The Morgan fingerprint density at radius 3 is 3.07 bits per heavy atom. The van der Waals surface area contributed by atoms with Gasteiger partial charge in [-0.25, -0.2) is 4.39 Å². The smallest absolute Gasteiger partial charge is 0.165 e. The summed E-state index contributed by atoms with van der Waals surface area (Å²) in [6.07, 6.45) is 0. The molecular weight excluding hydrogens is 215 g/mol. The molecule has 1 saturated heterocycles. The molecule has 1 atom stereocenters. The van der Waals surface area contributed by atoms with Crippen LogP contribution in [0.15, 0.2) is 18.2 Å². The summed E-state index contributed by atoms with van der Waals surface area (Å²) in [4.78, 5) is 2.05. The molecule has 1 heterocycles. The SMILES string of the molecule is C[C@H]1CNCCN1c1cccc(Cl)c1F. The number of benzene rings is 1. The van der Waals surface area contributed by atoms with Crippen molar-refractivity contribution in [1.82, 2.24) is 5.32 Å². The van der Waals surface area contributed by atoms with Gasteiger partial charge in [0.05, 0.1) is 10.7 Å². The van der Waals surface area contributed by atoms with Gasteiger partial charge < -0.3 is 10.2 Å². The molecular formula is C11H14ClFN2. The molecule has 0 aliphatic carbocycles. The predicted molar refractivity (Wildman–Crippen MR) is 61.1 cm³/mol. The van der Waals surface area contributed by atoms with Crippen LogP contribution in [0.4, 0.5) is 10.1 Å². The molecule has 1 fully saturated rings. The van der Waals surface area contributed by atoms with Crippen molar-refractivity contribution in [3.63, 3.8) is 0 Å². The third kappa shape index (κ3) is 2.08. The normalized spacial score (nSPS) is 21.8. The van der Waals surface area contributed by atoms with Crippen LogP contribution in [-0.4, -0.2) is 25.7 Å². The van der Waals surface area contributed by atoms with E-state index in [0.29, 0.717) is 11.7 Å². The molecule has 0 amide bonds. The second kappa shape index (κ2) is 4.37. The third-order valence-electron chi connectivity index (χ3n) is 2.74. The van der Waals surface area contributed by atoms with Gasteiger partial charge in [0, 0.05) is 25.7 Å². The average Bonchev–Trinajstić information content (AvgIpc) is 2.23. The van der Waals surface area contributed by atoms with Gasteiger partial charge in [-0.05, 0) is 19.1 Å². The molecule has 0 bridgehead atoms. The Bertz CT molecular complexity index is 356. The van der Waals surface area contributed by atoms with Gasteiger partial charge in [-0.15, -0.1) is 0 Å². The lowest BCUT2D eigenvalue weighted by Crippen LogP contribution is -2.50. The Labute approximate surface area is 94.0 Å². The monoisotopic (exact) mass is 228 g/mol. The minimum atomic E-state index is -0.312. The predicted octanol–water partition coefficient (Wildman–Crippen LogP) is 2.28. The van der Waals surface area contributed by atoms with Crippen LogP contribution in [0.3, 0.4) is 0 Å². The molecule has 1 aliphatic rings. The largest absolute Gasteiger partial charge is 0.364 e. The molecule has 1 aromatic carbocycles. The molecule has 15 heavy (non-hydrogen) atoms. The fourth-order valence-corrected chi connectivity index (χ4v) is 2.08. The number of hydrogen-bond acceptors (Lipinski definition) is 2. The van der Waals surface area contributed by atoms with Crippen LogP contribution in [0.2, 0.25) is 5.02 Å². The highest BCUT2D eigenvalue weighted by Gasteiger charge is 2.21. The van der Waals surface area contributed by atoms with Gasteiger partial charge >= 0.3 is 0 Å². The van der Waals surface area contributed by atoms with Crippen molar-refractivity contribution in [3.05, 3.63) is 29.0 Å². The van der Waals surface area contributed by atoms with E-state index in [4.69, 9.17) is 11.6 Å². The maximum Gasteiger partial charge on any atom is 0.165 e. The first-order valence-electron chi connectivity index (χ1n) is 5.11. The number of hydrogen-bond donors (Lipinski definition) is 1. The summed E-state index contributed by atoms with van der Waals surface area (Å²) in [5.41, 5.74) is 0.608. The first-order chi connectivity index (χ1) is 7.20. The maximum absolute atomic E-state index is 13.8. The second-order valence-corrected chi connectivity index (χ2v) is 4.23.